The van der Waals surface area contributed by atoms with Crippen LogP contribution in [0.5, 0.6) is 0 Å². The summed E-state index contributed by atoms with van der Waals surface area (Å²) in [4.78, 5) is 12.7. The number of carbonyl (C=O) groups is 1. The Hall–Kier alpha value is -0.450. The number of hydrogen-bond donors (Lipinski definition) is 2. The van der Waals surface area contributed by atoms with Crippen molar-refractivity contribution in [3.8, 4) is 0 Å². The van der Waals surface area contributed by atoms with Gasteiger partial charge in [-0.05, 0) is 87.9 Å². The van der Waals surface area contributed by atoms with Gasteiger partial charge in [0.1, 0.15) is 5.78 Å². The van der Waals surface area contributed by atoms with Gasteiger partial charge in [-0.3, -0.25) is 4.79 Å². The molecule has 8 atom stereocenters. The summed E-state index contributed by atoms with van der Waals surface area (Å²) in [6.45, 7) is 8.05. The van der Waals surface area contributed by atoms with Gasteiger partial charge in [0, 0.05) is 11.8 Å². The van der Waals surface area contributed by atoms with Crippen LogP contribution >= 0.6 is 0 Å². The third-order valence-corrected chi connectivity index (χ3v) is 8.78. The Morgan fingerprint density at radius 3 is 2.50 bits per heavy atom. The second kappa shape index (κ2) is 6.02. The number of ketones is 1. The van der Waals surface area contributed by atoms with Crippen molar-refractivity contribution in [2.45, 2.75) is 97.1 Å². The number of carbonyl (C=O) groups excluding carboxylic acids is 1. The first-order chi connectivity index (χ1) is 12.0. The zero-order valence-electron chi connectivity index (χ0n) is 16.8. The monoisotopic (exact) mass is 364 g/mol. The lowest BCUT2D eigenvalue weighted by Crippen LogP contribution is -2.60. The first-order valence-electron chi connectivity index (χ1n) is 10.7. The normalized spacial score (nSPS) is 51.5. The zero-order valence-corrected chi connectivity index (χ0v) is 16.8. The van der Waals surface area contributed by atoms with Crippen LogP contribution in [0.3, 0.4) is 0 Å². The number of rotatable bonds is 2. The van der Waals surface area contributed by atoms with Crippen LogP contribution in [0.2, 0.25) is 0 Å². The summed E-state index contributed by atoms with van der Waals surface area (Å²) < 4.78 is 6.23. The second-order valence-corrected chi connectivity index (χ2v) is 10.7. The van der Waals surface area contributed by atoms with Crippen molar-refractivity contribution in [3.05, 3.63) is 0 Å². The van der Waals surface area contributed by atoms with E-state index in [0.717, 1.165) is 44.9 Å². The third kappa shape index (κ3) is 2.79. The van der Waals surface area contributed by atoms with Crippen molar-refractivity contribution in [2.75, 3.05) is 0 Å². The van der Waals surface area contributed by atoms with Crippen LogP contribution in [0.1, 0.15) is 79.1 Å². The lowest BCUT2D eigenvalue weighted by molar-refractivity contribution is -0.263. The minimum atomic E-state index is -1.16. The van der Waals surface area contributed by atoms with E-state index < -0.39 is 5.79 Å². The minimum Gasteiger partial charge on any atom is -0.393 e. The quantitative estimate of drug-likeness (QED) is 0.734. The second-order valence-electron chi connectivity index (χ2n) is 10.7. The summed E-state index contributed by atoms with van der Waals surface area (Å²) in [5, 5.41) is 20.7. The Morgan fingerprint density at radius 1 is 1.08 bits per heavy atom. The summed E-state index contributed by atoms with van der Waals surface area (Å²) in [5.41, 5.74) is 0.0378. The van der Waals surface area contributed by atoms with E-state index in [9.17, 15) is 15.0 Å². The maximum Gasteiger partial charge on any atom is 0.160 e. The highest BCUT2D eigenvalue weighted by molar-refractivity contribution is 5.87. The summed E-state index contributed by atoms with van der Waals surface area (Å²) in [5.74, 6) is 0.988. The van der Waals surface area contributed by atoms with Gasteiger partial charge in [-0.2, -0.15) is 0 Å². The SMILES string of the molecule is CC(C)(O)O[C@H]1CC2C[C@@H](O)CC[C@]2(C)C2CC[C@]3(C)C(=O)CCC3C21. The number of fused-ring (bicyclic) bond motifs is 5. The Morgan fingerprint density at radius 2 is 1.81 bits per heavy atom. The van der Waals surface area contributed by atoms with Gasteiger partial charge < -0.3 is 14.9 Å². The third-order valence-electron chi connectivity index (χ3n) is 8.78. The lowest BCUT2D eigenvalue weighted by Gasteiger charge is -2.62. The molecule has 0 bridgehead atoms. The van der Waals surface area contributed by atoms with E-state index in [1.807, 2.05) is 0 Å². The highest BCUT2D eigenvalue weighted by Crippen LogP contribution is 2.66. The molecular weight excluding hydrogens is 328 g/mol. The maximum absolute atomic E-state index is 12.7. The molecule has 0 aromatic heterocycles. The van der Waals surface area contributed by atoms with Crippen molar-refractivity contribution in [3.63, 3.8) is 0 Å². The standard InChI is InChI=1S/C22H36O4/c1-20(2,25)26-17-12-13-11-14(23)7-9-21(13,3)16-8-10-22(4)15(19(16)17)5-6-18(22)24/h13-17,19,23,25H,5-12H2,1-4H3/t13?,14-,15?,16?,17-,19?,21-,22-/m0/s1. The fourth-order valence-corrected chi connectivity index (χ4v) is 7.44. The first kappa shape index (κ1) is 18.9. The van der Waals surface area contributed by atoms with Crippen LogP contribution in [0.4, 0.5) is 0 Å². The van der Waals surface area contributed by atoms with Gasteiger partial charge in [0.05, 0.1) is 12.2 Å². The Labute approximate surface area is 157 Å². The highest BCUT2D eigenvalue weighted by atomic mass is 16.6. The van der Waals surface area contributed by atoms with E-state index in [2.05, 4.69) is 13.8 Å². The molecule has 4 saturated carbocycles. The number of hydrogen-bond acceptors (Lipinski definition) is 4. The molecule has 4 unspecified atom stereocenters. The number of ether oxygens (including phenoxy) is 1. The van der Waals surface area contributed by atoms with Gasteiger partial charge in [0.25, 0.3) is 0 Å². The van der Waals surface area contributed by atoms with E-state index in [0.29, 0.717) is 35.9 Å². The Bertz CT molecular complexity index is 581. The predicted octanol–water partition coefficient (Wildman–Crippen LogP) is 3.68. The summed E-state index contributed by atoms with van der Waals surface area (Å²) in [7, 11) is 0. The fraction of sp³-hybridized carbons (Fsp3) is 0.955. The summed E-state index contributed by atoms with van der Waals surface area (Å²) >= 11 is 0. The lowest BCUT2D eigenvalue weighted by atomic mass is 9.44. The molecule has 4 fully saturated rings. The van der Waals surface area contributed by atoms with E-state index in [-0.39, 0.29) is 23.0 Å². The van der Waals surface area contributed by atoms with Gasteiger partial charge in [-0.25, -0.2) is 0 Å². The Kier molecular flexibility index (Phi) is 4.38. The van der Waals surface area contributed by atoms with Crippen molar-refractivity contribution >= 4 is 5.78 Å². The molecule has 26 heavy (non-hydrogen) atoms. The molecule has 4 heteroatoms. The zero-order chi connectivity index (χ0) is 18.9. The van der Waals surface area contributed by atoms with Crippen molar-refractivity contribution in [1.82, 2.24) is 0 Å². The molecule has 2 N–H and O–H groups in total. The maximum atomic E-state index is 12.7. The van der Waals surface area contributed by atoms with Crippen LogP contribution in [-0.2, 0) is 9.53 Å². The molecule has 4 rings (SSSR count). The van der Waals surface area contributed by atoms with Crippen molar-refractivity contribution < 1.29 is 19.7 Å². The molecule has 0 heterocycles. The number of Topliss-reactive ketones (excluding diaryl/α,β-unsaturated/α-hetero) is 1. The Balaban J connectivity index is 1.72. The largest absolute Gasteiger partial charge is 0.393 e. The van der Waals surface area contributed by atoms with Gasteiger partial charge in [-0.1, -0.05) is 13.8 Å². The van der Waals surface area contributed by atoms with Crippen LogP contribution in [0.25, 0.3) is 0 Å². The molecule has 0 spiro atoms. The summed E-state index contributed by atoms with van der Waals surface area (Å²) in [6.07, 6.45) is 7.28. The average Bonchev–Trinajstić information content (AvgIpc) is 2.83. The average molecular weight is 365 g/mol. The van der Waals surface area contributed by atoms with Gasteiger partial charge >= 0.3 is 0 Å². The van der Waals surface area contributed by atoms with E-state index in [4.69, 9.17) is 4.74 Å². The molecule has 0 radical (unpaired) electrons. The molecule has 4 aliphatic carbocycles. The topological polar surface area (TPSA) is 66.8 Å². The molecule has 4 aliphatic rings. The van der Waals surface area contributed by atoms with Gasteiger partial charge in [-0.15, -0.1) is 0 Å². The summed E-state index contributed by atoms with van der Waals surface area (Å²) in [6, 6.07) is 0. The predicted molar refractivity (Wildman–Crippen MR) is 99.3 cm³/mol. The first-order valence-corrected chi connectivity index (χ1v) is 10.7. The van der Waals surface area contributed by atoms with Gasteiger partial charge in [0.2, 0.25) is 0 Å². The molecule has 0 aromatic rings. The minimum absolute atomic E-state index is 0.0149. The van der Waals surface area contributed by atoms with Crippen LogP contribution in [0, 0.1) is 34.5 Å². The van der Waals surface area contributed by atoms with E-state index in [1.165, 1.54) is 0 Å². The van der Waals surface area contributed by atoms with Gasteiger partial charge in [0.15, 0.2) is 5.79 Å². The van der Waals surface area contributed by atoms with E-state index >= 15 is 0 Å². The van der Waals surface area contributed by atoms with Crippen molar-refractivity contribution in [1.29, 1.82) is 0 Å². The van der Waals surface area contributed by atoms with Crippen LogP contribution in [-0.4, -0.2) is 34.0 Å². The van der Waals surface area contributed by atoms with Crippen LogP contribution in [0.15, 0.2) is 0 Å². The number of aliphatic hydroxyl groups is 2. The number of aliphatic hydroxyl groups excluding tert-OH is 1. The molecule has 0 aromatic carbocycles. The van der Waals surface area contributed by atoms with Crippen molar-refractivity contribution in [2.24, 2.45) is 34.5 Å². The smallest absolute Gasteiger partial charge is 0.160 e. The molecule has 0 aliphatic heterocycles. The molecule has 0 amide bonds. The van der Waals surface area contributed by atoms with E-state index in [1.54, 1.807) is 13.8 Å². The fourth-order valence-electron chi connectivity index (χ4n) is 7.44. The molecule has 148 valence electrons. The molecule has 4 nitrogen and oxygen atoms in total. The highest BCUT2D eigenvalue weighted by Gasteiger charge is 2.63. The molecular formula is C22H36O4. The molecule has 0 saturated heterocycles. The van der Waals surface area contributed by atoms with Crippen LogP contribution < -0.4 is 0 Å².